The molecule has 0 saturated carbocycles. The molecule has 3 nitrogen and oxygen atoms in total. The van der Waals surface area contributed by atoms with Crippen molar-refractivity contribution in [1.82, 2.24) is 4.57 Å². The van der Waals surface area contributed by atoms with E-state index in [9.17, 15) is 4.39 Å². The van der Waals surface area contributed by atoms with Gasteiger partial charge in [-0.05, 0) is 113 Å². The van der Waals surface area contributed by atoms with E-state index in [1.807, 2.05) is 47.0 Å². The molecule has 0 aliphatic rings. The zero-order chi connectivity index (χ0) is 39.5. The number of aromatic nitrogens is 1. The van der Waals surface area contributed by atoms with E-state index >= 15 is 4.39 Å². The highest BCUT2D eigenvalue weighted by atomic mass is 19.1. The van der Waals surface area contributed by atoms with Gasteiger partial charge < -0.3 is 13.9 Å². The summed E-state index contributed by atoms with van der Waals surface area (Å²) in [5, 5.41) is 3.36. The SMILES string of the molecule is Fc1ccc2c3c(F)cccc3n(-c3cccc(-c4ccc(N(c5ccc(-c6ccccc6)cc5)c5ccc(-c6cccc7c6oc6ccccc67)cc5)cc4)c3)c2c1. The van der Waals surface area contributed by atoms with Gasteiger partial charge in [0.25, 0.3) is 0 Å². The number of para-hydroxylation sites is 2. The van der Waals surface area contributed by atoms with Crippen LogP contribution in [0.2, 0.25) is 0 Å². The molecule has 9 aromatic carbocycles. The van der Waals surface area contributed by atoms with Crippen molar-refractivity contribution in [1.29, 1.82) is 0 Å². The monoisotopic (exact) mass is 764 g/mol. The van der Waals surface area contributed by atoms with Gasteiger partial charge in [0, 0.05) is 49.9 Å². The number of halogens is 2. The number of rotatable bonds is 7. The summed E-state index contributed by atoms with van der Waals surface area (Å²) in [6.45, 7) is 0. The normalized spacial score (nSPS) is 11.6. The van der Waals surface area contributed by atoms with E-state index < -0.39 is 0 Å². The zero-order valence-corrected chi connectivity index (χ0v) is 31.7. The number of hydrogen-bond donors (Lipinski definition) is 0. The Hall–Kier alpha value is -7.76. The second-order valence-corrected chi connectivity index (χ2v) is 14.8. The van der Waals surface area contributed by atoms with E-state index in [4.69, 9.17) is 4.42 Å². The number of nitrogens with zero attached hydrogens (tertiary/aromatic N) is 2. The summed E-state index contributed by atoms with van der Waals surface area (Å²) >= 11 is 0. The third-order valence-electron chi connectivity index (χ3n) is 11.3. The first kappa shape index (κ1) is 34.5. The van der Waals surface area contributed by atoms with Crippen LogP contribution in [-0.2, 0) is 0 Å². The van der Waals surface area contributed by atoms with Gasteiger partial charge in [0.2, 0.25) is 0 Å². The third kappa shape index (κ3) is 5.94. The maximum absolute atomic E-state index is 15.2. The molecule has 0 N–H and O–H groups in total. The van der Waals surface area contributed by atoms with Crippen molar-refractivity contribution in [2.24, 2.45) is 0 Å². The van der Waals surface area contributed by atoms with Crippen LogP contribution in [0.15, 0.2) is 211 Å². The zero-order valence-electron chi connectivity index (χ0n) is 31.7. The van der Waals surface area contributed by atoms with Crippen LogP contribution in [0.3, 0.4) is 0 Å². The molecule has 0 saturated heterocycles. The highest BCUT2D eigenvalue weighted by Crippen LogP contribution is 2.41. The van der Waals surface area contributed by atoms with E-state index in [-0.39, 0.29) is 11.6 Å². The van der Waals surface area contributed by atoms with Gasteiger partial charge in [0.15, 0.2) is 0 Å². The van der Waals surface area contributed by atoms with Gasteiger partial charge in [-0.3, -0.25) is 0 Å². The molecule has 0 fully saturated rings. The highest BCUT2D eigenvalue weighted by molar-refractivity contribution is 6.10. The Morgan fingerprint density at radius 1 is 0.407 bits per heavy atom. The average molecular weight is 765 g/mol. The Kier molecular flexibility index (Phi) is 8.19. The lowest BCUT2D eigenvalue weighted by Crippen LogP contribution is -2.09. The number of hydrogen-bond acceptors (Lipinski definition) is 2. The molecule has 0 spiro atoms. The predicted octanol–water partition coefficient (Wildman–Crippen LogP) is 15.4. The van der Waals surface area contributed by atoms with Crippen LogP contribution < -0.4 is 4.90 Å². The molecule has 11 aromatic rings. The van der Waals surface area contributed by atoms with Crippen molar-refractivity contribution >= 4 is 60.8 Å². The number of fused-ring (bicyclic) bond motifs is 6. The molecule has 11 rings (SSSR count). The molecule has 0 radical (unpaired) electrons. The molecule has 59 heavy (non-hydrogen) atoms. The molecule has 0 atom stereocenters. The lowest BCUT2D eigenvalue weighted by Gasteiger charge is -2.26. The van der Waals surface area contributed by atoms with Gasteiger partial charge in [0.05, 0.1) is 11.0 Å². The van der Waals surface area contributed by atoms with E-state index in [1.165, 1.54) is 18.2 Å². The first-order valence-electron chi connectivity index (χ1n) is 19.6. The Balaban J connectivity index is 0.979. The summed E-state index contributed by atoms with van der Waals surface area (Å²) in [5.41, 5.74) is 13.4. The highest BCUT2D eigenvalue weighted by Gasteiger charge is 2.18. The fourth-order valence-corrected chi connectivity index (χ4v) is 8.55. The maximum Gasteiger partial charge on any atom is 0.143 e. The van der Waals surface area contributed by atoms with Crippen molar-refractivity contribution in [3.63, 3.8) is 0 Å². The Bertz CT molecular complexity index is 3330. The number of benzene rings is 9. The average Bonchev–Trinajstić information content (AvgIpc) is 3.84. The quantitative estimate of drug-likeness (QED) is 0.161. The molecule has 0 bridgehead atoms. The molecule has 2 aromatic heterocycles. The molecule has 0 unspecified atom stereocenters. The third-order valence-corrected chi connectivity index (χ3v) is 11.3. The molecule has 5 heteroatoms. The van der Waals surface area contributed by atoms with Crippen LogP contribution in [0.4, 0.5) is 25.8 Å². The van der Waals surface area contributed by atoms with Crippen molar-refractivity contribution in [2.45, 2.75) is 0 Å². The van der Waals surface area contributed by atoms with Gasteiger partial charge in [-0.2, -0.15) is 0 Å². The molecule has 2 heterocycles. The van der Waals surface area contributed by atoms with Crippen LogP contribution in [0.1, 0.15) is 0 Å². The van der Waals surface area contributed by atoms with Crippen LogP contribution >= 0.6 is 0 Å². The summed E-state index contributed by atoms with van der Waals surface area (Å²) in [5.74, 6) is -0.701. The topological polar surface area (TPSA) is 21.3 Å². The van der Waals surface area contributed by atoms with Crippen LogP contribution in [-0.4, -0.2) is 4.57 Å². The summed E-state index contributed by atoms with van der Waals surface area (Å²) in [4.78, 5) is 2.27. The van der Waals surface area contributed by atoms with Crippen LogP contribution in [0.25, 0.3) is 82.8 Å². The van der Waals surface area contributed by atoms with Gasteiger partial charge in [-0.25, -0.2) is 8.78 Å². The van der Waals surface area contributed by atoms with E-state index in [2.05, 4.69) is 138 Å². The summed E-state index contributed by atoms with van der Waals surface area (Å²) in [6, 6.07) is 68.4. The lowest BCUT2D eigenvalue weighted by molar-refractivity contribution is 0.629. The summed E-state index contributed by atoms with van der Waals surface area (Å²) in [6.07, 6.45) is 0. The fourth-order valence-electron chi connectivity index (χ4n) is 8.55. The standard InChI is InChI=1S/C54H34F2N2O/c55-40-25-32-48-51(34-40)58(50-17-8-16-49(56)53(48)50)44-12-6-11-39(33-44)37-21-28-42(29-22-37)57(41-26-19-36(20-27-41)35-9-2-1-3-10-35)43-30-23-38(24-31-43)45-14-7-15-47-46-13-4-5-18-52(46)59-54(45)47/h1-34H. The summed E-state index contributed by atoms with van der Waals surface area (Å²) in [7, 11) is 0. The van der Waals surface area contributed by atoms with Crippen molar-refractivity contribution in [2.75, 3.05) is 4.90 Å². The lowest BCUT2D eigenvalue weighted by atomic mass is 10.0. The second kappa shape index (κ2) is 14.0. The van der Waals surface area contributed by atoms with Gasteiger partial charge in [0.1, 0.15) is 22.8 Å². The minimum absolute atomic E-state index is 0.331. The minimum Gasteiger partial charge on any atom is -0.455 e. The summed E-state index contributed by atoms with van der Waals surface area (Å²) < 4.78 is 38.2. The first-order chi connectivity index (χ1) is 29.1. The number of furan rings is 1. The van der Waals surface area contributed by atoms with Crippen molar-refractivity contribution in [3.05, 3.63) is 218 Å². The van der Waals surface area contributed by atoms with E-state index in [0.717, 1.165) is 78.1 Å². The van der Waals surface area contributed by atoms with E-state index in [0.29, 0.717) is 21.8 Å². The minimum atomic E-state index is -0.369. The first-order valence-corrected chi connectivity index (χ1v) is 19.6. The maximum atomic E-state index is 15.2. The van der Waals surface area contributed by atoms with Gasteiger partial charge in [-0.1, -0.05) is 121 Å². The largest absolute Gasteiger partial charge is 0.455 e. The van der Waals surface area contributed by atoms with Gasteiger partial charge >= 0.3 is 0 Å². The van der Waals surface area contributed by atoms with Crippen molar-refractivity contribution in [3.8, 4) is 39.1 Å². The smallest absolute Gasteiger partial charge is 0.143 e. The Morgan fingerprint density at radius 2 is 1.00 bits per heavy atom. The molecule has 0 aliphatic carbocycles. The van der Waals surface area contributed by atoms with Gasteiger partial charge in [-0.15, -0.1) is 0 Å². The second-order valence-electron chi connectivity index (χ2n) is 14.8. The van der Waals surface area contributed by atoms with Crippen molar-refractivity contribution < 1.29 is 13.2 Å². The molecular formula is C54H34F2N2O. The fraction of sp³-hybridized carbons (Fsp3) is 0. The van der Waals surface area contributed by atoms with E-state index in [1.54, 1.807) is 12.1 Å². The van der Waals surface area contributed by atoms with Crippen LogP contribution in [0, 0.1) is 11.6 Å². The molecule has 0 amide bonds. The predicted molar refractivity (Wildman–Crippen MR) is 239 cm³/mol. The molecular weight excluding hydrogens is 731 g/mol. The Morgan fingerprint density at radius 3 is 1.75 bits per heavy atom. The molecule has 0 aliphatic heterocycles. The number of anilines is 3. The molecule has 280 valence electrons. The Labute approximate surface area is 339 Å². The van der Waals surface area contributed by atoms with Crippen LogP contribution in [0.5, 0.6) is 0 Å².